The molecule has 0 aliphatic carbocycles. The van der Waals surface area contributed by atoms with Gasteiger partial charge in [-0.15, -0.1) is 0 Å². The third-order valence-corrected chi connectivity index (χ3v) is 17.6. The van der Waals surface area contributed by atoms with E-state index in [9.17, 15) is 19.0 Å². The molecule has 10 heteroatoms. The topological polar surface area (TPSA) is 108 Å². The van der Waals surface area contributed by atoms with Crippen molar-refractivity contribution in [3.05, 3.63) is 36.5 Å². The Morgan fingerprint density at radius 1 is 0.369 bits per heavy atom. The lowest BCUT2D eigenvalue weighted by molar-refractivity contribution is -0.870. The van der Waals surface area contributed by atoms with Crippen molar-refractivity contribution in [2.75, 3.05) is 47.5 Å². The summed E-state index contributed by atoms with van der Waals surface area (Å²) in [6, 6.07) is 0. The van der Waals surface area contributed by atoms with Gasteiger partial charge in [0.25, 0.3) is 0 Å². The number of carbonyl (C=O) groups is 2. The fourth-order valence-electron chi connectivity index (χ4n) is 11.0. The molecule has 84 heavy (non-hydrogen) atoms. The second-order valence-electron chi connectivity index (χ2n) is 26.3. The Bertz CT molecular complexity index is 1510. The van der Waals surface area contributed by atoms with Crippen molar-refractivity contribution < 1.29 is 42.1 Å². The van der Waals surface area contributed by atoms with Crippen LogP contribution in [0.5, 0.6) is 0 Å². The Kier molecular flexibility index (Phi) is 64.3. The van der Waals surface area contributed by atoms with Crippen LogP contribution in [-0.2, 0) is 32.7 Å². The van der Waals surface area contributed by atoms with E-state index in [0.717, 1.165) is 38.5 Å². The van der Waals surface area contributed by atoms with Gasteiger partial charge in [0.1, 0.15) is 19.8 Å². The first-order chi connectivity index (χ1) is 41.0. The number of hydrogen-bond acceptors (Lipinski definition) is 7. The number of esters is 2. The van der Waals surface area contributed by atoms with Gasteiger partial charge >= 0.3 is 19.8 Å². The van der Waals surface area contributed by atoms with Gasteiger partial charge in [-0.05, 0) is 70.6 Å². The van der Waals surface area contributed by atoms with Crippen LogP contribution in [-0.4, -0.2) is 74.9 Å². The number of rotatable bonds is 69. The van der Waals surface area contributed by atoms with Gasteiger partial charge < -0.3 is 18.9 Å². The minimum absolute atomic E-state index is 0.0347. The smallest absolute Gasteiger partial charge is 0.462 e. The van der Waals surface area contributed by atoms with Crippen molar-refractivity contribution >= 4 is 19.8 Å². The quantitative estimate of drug-likeness (QED) is 0.0211. The van der Waals surface area contributed by atoms with E-state index < -0.39 is 26.5 Å². The van der Waals surface area contributed by atoms with Crippen LogP contribution in [0, 0.1) is 0 Å². The minimum atomic E-state index is -4.39. The number of phosphoric acid groups is 1. The number of ether oxygens (including phenoxy) is 2. The number of hydrogen-bond donors (Lipinski definition) is 1. The van der Waals surface area contributed by atoms with Gasteiger partial charge in [0.05, 0.1) is 27.7 Å². The van der Waals surface area contributed by atoms with Crippen LogP contribution < -0.4 is 0 Å². The summed E-state index contributed by atoms with van der Waals surface area (Å²) in [6.45, 7) is 4.50. The largest absolute Gasteiger partial charge is 0.472 e. The molecule has 0 bridgehead atoms. The van der Waals surface area contributed by atoms with Gasteiger partial charge in [-0.3, -0.25) is 18.6 Å². The second-order valence-corrected chi connectivity index (χ2v) is 27.8. The first-order valence-corrected chi connectivity index (χ1v) is 38.2. The molecule has 0 aromatic rings. The summed E-state index contributed by atoms with van der Waals surface area (Å²) in [7, 11) is 1.50. The fraction of sp³-hybridized carbons (Fsp3) is 0.892. The molecule has 0 aliphatic heterocycles. The average Bonchev–Trinajstić information content (AvgIpc) is 3.61. The number of allylic oxidation sites excluding steroid dienone is 6. The van der Waals surface area contributed by atoms with E-state index in [1.807, 2.05) is 21.1 Å². The molecule has 496 valence electrons. The van der Waals surface area contributed by atoms with Crippen molar-refractivity contribution in [3.8, 4) is 0 Å². The van der Waals surface area contributed by atoms with E-state index in [1.165, 1.54) is 302 Å². The monoisotopic (exact) mass is 1210 g/mol. The van der Waals surface area contributed by atoms with E-state index in [1.54, 1.807) is 0 Å². The maximum Gasteiger partial charge on any atom is 0.472 e. The maximum atomic E-state index is 12.9. The molecule has 0 aliphatic rings. The summed E-state index contributed by atoms with van der Waals surface area (Å²) < 4.78 is 34.8. The molecule has 0 aromatic carbocycles. The lowest BCUT2D eigenvalue weighted by atomic mass is 10.0. The predicted molar refractivity (Wildman–Crippen MR) is 363 cm³/mol. The van der Waals surface area contributed by atoms with Gasteiger partial charge in [-0.2, -0.15) is 0 Å². The van der Waals surface area contributed by atoms with E-state index >= 15 is 0 Å². The van der Waals surface area contributed by atoms with Crippen LogP contribution >= 0.6 is 7.82 Å². The highest BCUT2D eigenvalue weighted by atomic mass is 31.2. The molecule has 2 unspecified atom stereocenters. The van der Waals surface area contributed by atoms with Gasteiger partial charge in [-0.25, -0.2) is 4.57 Å². The van der Waals surface area contributed by atoms with E-state index in [2.05, 4.69) is 50.3 Å². The van der Waals surface area contributed by atoms with E-state index in [0.29, 0.717) is 23.9 Å². The van der Waals surface area contributed by atoms with Crippen LogP contribution in [0.25, 0.3) is 0 Å². The highest BCUT2D eigenvalue weighted by Crippen LogP contribution is 2.43. The molecule has 0 spiro atoms. The fourth-order valence-corrected chi connectivity index (χ4v) is 11.7. The van der Waals surface area contributed by atoms with Gasteiger partial charge in [0.15, 0.2) is 6.10 Å². The number of quaternary nitrogens is 1. The standard InChI is InChI=1S/C74H142NO8P/c1-6-8-10-12-14-16-18-20-22-24-26-28-30-32-34-36-37-39-41-43-45-47-49-51-53-55-57-59-61-63-65-67-74(77)83-72(71-82-84(78,79)81-69-68-75(3,4)5)70-80-73(76)66-64-62-60-58-56-54-52-50-48-46-44-42-40-38-35-33-31-29-27-25-23-21-19-17-15-13-11-9-7-2/h18,20,24-27,72H,6-17,19,21-23,28-71H2,1-5H3/p+1/b20-18-,26-24-,27-25-. The number of likely N-dealkylation sites (N-methyl/N-ethyl adjacent to an activating group) is 1. The zero-order valence-corrected chi connectivity index (χ0v) is 57.6. The van der Waals surface area contributed by atoms with Gasteiger partial charge in [-0.1, -0.05) is 326 Å². The number of phosphoric ester groups is 1. The van der Waals surface area contributed by atoms with Crippen LogP contribution in [0.3, 0.4) is 0 Å². The van der Waals surface area contributed by atoms with Crippen LogP contribution in [0.15, 0.2) is 36.5 Å². The molecule has 0 saturated heterocycles. The summed E-state index contributed by atoms with van der Waals surface area (Å²) in [5, 5.41) is 0. The number of nitrogens with zero attached hydrogens (tertiary/aromatic N) is 1. The molecule has 1 N–H and O–H groups in total. The Hall–Kier alpha value is -1.77. The van der Waals surface area contributed by atoms with Gasteiger partial charge in [0.2, 0.25) is 0 Å². The molecule has 2 atom stereocenters. The van der Waals surface area contributed by atoms with Crippen LogP contribution in [0.4, 0.5) is 0 Å². The summed E-state index contributed by atoms with van der Waals surface area (Å²) in [6.07, 6.45) is 84.1. The van der Waals surface area contributed by atoms with Crippen molar-refractivity contribution in [2.45, 2.75) is 380 Å². The Labute approximate surface area is 522 Å². The summed E-state index contributed by atoms with van der Waals surface area (Å²) in [5.41, 5.74) is 0. The van der Waals surface area contributed by atoms with Crippen LogP contribution in [0.2, 0.25) is 0 Å². The van der Waals surface area contributed by atoms with Gasteiger partial charge in [0, 0.05) is 12.8 Å². The Balaban J connectivity index is 3.97. The normalized spacial score (nSPS) is 13.3. The zero-order valence-electron chi connectivity index (χ0n) is 56.7. The first-order valence-electron chi connectivity index (χ1n) is 36.7. The SMILES string of the molecule is CCCCCCC/C=C\C/C=C\CCCCCCCCCCCCCCCCCCCCCC(=O)OC(COC(=O)CCCCCCCCCCCCCCCCCCC/C=C\CCCCCCCCCC)COP(=O)(O)OCC[N+](C)(C)C. The molecule has 0 amide bonds. The van der Waals surface area contributed by atoms with E-state index in [4.69, 9.17) is 18.5 Å². The third kappa shape index (κ3) is 69.3. The van der Waals surface area contributed by atoms with Crippen molar-refractivity contribution in [1.82, 2.24) is 0 Å². The highest BCUT2D eigenvalue weighted by molar-refractivity contribution is 7.47. The van der Waals surface area contributed by atoms with E-state index in [-0.39, 0.29) is 25.6 Å². The van der Waals surface area contributed by atoms with Crippen molar-refractivity contribution in [2.24, 2.45) is 0 Å². The maximum absolute atomic E-state index is 12.9. The molecule has 0 heterocycles. The Morgan fingerprint density at radius 2 is 0.643 bits per heavy atom. The van der Waals surface area contributed by atoms with Crippen molar-refractivity contribution in [3.63, 3.8) is 0 Å². The molecule has 9 nitrogen and oxygen atoms in total. The second kappa shape index (κ2) is 65.7. The lowest BCUT2D eigenvalue weighted by Gasteiger charge is -2.24. The number of carbonyl (C=O) groups excluding carboxylic acids is 2. The highest BCUT2D eigenvalue weighted by Gasteiger charge is 2.27. The molecule has 0 rings (SSSR count). The molecule has 0 radical (unpaired) electrons. The summed E-state index contributed by atoms with van der Waals surface area (Å²) in [5.74, 6) is -0.775. The molecule has 0 aromatic heterocycles. The zero-order chi connectivity index (χ0) is 61.2. The Morgan fingerprint density at radius 3 is 0.952 bits per heavy atom. The predicted octanol–water partition coefficient (Wildman–Crippen LogP) is 23.8. The number of unbranched alkanes of at least 4 members (excludes halogenated alkanes) is 49. The van der Waals surface area contributed by atoms with Crippen LogP contribution in [0.1, 0.15) is 373 Å². The molecule has 0 fully saturated rings. The molecule has 0 saturated carbocycles. The lowest BCUT2D eigenvalue weighted by Crippen LogP contribution is -2.37. The third-order valence-electron chi connectivity index (χ3n) is 16.6. The molecular weight excluding hydrogens is 1060 g/mol. The average molecular weight is 1210 g/mol. The molecular formula is C74H143NO8P+. The summed E-state index contributed by atoms with van der Waals surface area (Å²) >= 11 is 0. The summed E-state index contributed by atoms with van der Waals surface area (Å²) in [4.78, 5) is 35.9. The van der Waals surface area contributed by atoms with Crippen molar-refractivity contribution in [1.29, 1.82) is 0 Å². The first kappa shape index (κ1) is 82.2. The minimum Gasteiger partial charge on any atom is -0.462 e.